The average molecular weight is 378 g/mol. The van der Waals surface area contributed by atoms with Crippen LogP contribution in [0.5, 0.6) is 0 Å². The average Bonchev–Trinajstić information content (AvgIpc) is 3.45. The van der Waals surface area contributed by atoms with Crippen LogP contribution >= 0.6 is 0 Å². The largest absolute Gasteiger partial charge is 0.376 e. The molecule has 2 unspecified atom stereocenters. The lowest BCUT2D eigenvalue weighted by Crippen LogP contribution is -2.45. The highest BCUT2D eigenvalue weighted by molar-refractivity contribution is 6.21. The van der Waals surface area contributed by atoms with Gasteiger partial charge in [0.1, 0.15) is 0 Å². The number of benzene rings is 2. The Balaban J connectivity index is 1.33. The standard InChI is InChI=1S/C23H26N2O3/c1-2-24-21(13-25-22(26)18-10-6-7-11-19(18)23(25)27)20-12-17(20)15-28-14-16-8-4-3-5-9-16/h3-11,17,20-21,24H,2,12-15H2,1H3/t17-,20?,21?/m1/s1. The smallest absolute Gasteiger partial charge is 0.261 e. The third-order valence-corrected chi connectivity index (χ3v) is 5.66. The van der Waals surface area contributed by atoms with Crippen molar-refractivity contribution in [2.45, 2.75) is 26.0 Å². The first kappa shape index (κ1) is 18.8. The zero-order valence-electron chi connectivity index (χ0n) is 16.1. The van der Waals surface area contributed by atoms with Crippen LogP contribution in [0.4, 0.5) is 0 Å². The maximum absolute atomic E-state index is 12.7. The topological polar surface area (TPSA) is 58.6 Å². The van der Waals surface area contributed by atoms with E-state index in [1.54, 1.807) is 24.3 Å². The van der Waals surface area contributed by atoms with Crippen molar-refractivity contribution >= 4 is 11.8 Å². The first-order valence-corrected chi connectivity index (χ1v) is 9.99. The van der Waals surface area contributed by atoms with E-state index >= 15 is 0 Å². The third-order valence-electron chi connectivity index (χ3n) is 5.66. The lowest BCUT2D eigenvalue weighted by atomic mass is 10.1. The van der Waals surface area contributed by atoms with Crippen LogP contribution in [0.2, 0.25) is 0 Å². The van der Waals surface area contributed by atoms with E-state index in [-0.39, 0.29) is 17.9 Å². The molecule has 5 heteroatoms. The number of rotatable bonds is 9. The summed E-state index contributed by atoms with van der Waals surface area (Å²) in [7, 11) is 0. The lowest BCUT2D eigenvalue weighted by Gasteiger charge is -2.23. The van der Waals surface area contributed by atoms with E-state index in [2.05, 4.69) is 24.4 Å². The van der Waals surface area contributed by atoms with E-state index in [4.69, 9.17) is 4.74 Å². The van der Waals surface area contributed by atoms with E-state index in [0.29, 0.717) is 42.7 Å². The van der Waals surface area contributed by atoms with E-state index in [0.717, 1.165) is 13.0 Å². The molecule has 2 aromatic carbocycles. The molecule has 146 valence electrons. The second kappa shape index (κ2) is 8.25. The summed E-state index contributed by atoms with van der Waals surface area (Å²) < 4.78 is 5.89. The summed E-state index contributed by atoms with van der Waals surface area (Å²) in [6.45, 7) is 4.61. The van der Waals surface area contributed by atoms with E-state index < -0.39 is 0 Å². The molecule has 0 bridgehead atoms. The maximum Gasteiger partial charge on any atom is 0.261 e. The molecule has 1 saturated carbocycles. The number of carbonyl (C=O) groups is 2. The van der Waals surface area contributed by atoms with Crippen LogP contribution in [-0.4, -0.2) is 42.5 Å². The molecule has 1 aliphatic carbocycles. The second-order valence-corrected chi connectivity index (χ2v) is 7.59. The Bertz CT molecular complexity index is 817. The van der Waals surface area contributed by atoms with Gasteiger partial charge in [0.25, 0.3) is 11.8 Å². The van der Waals surface area contributed by atoms with Crippen molar-refractivity contribution in [2.75, 3.05) is 19.7 Å². The van der Waals surface area contributed by atoms with Gasteiger partial charge < -0.3 is 10.1 Å². The van der Waals surface area contributed by atoms with Crippen molar-refractivity contribution in [3.8, 4) is 0 Å². The van der Waals surface area contributed by atoms with Gasteiger partial charge in [0.05, 0.1) is 24.3 Å². The number of likely N-dealkylation sites (N-methyl/N-ethyl adjacent to an activating group) is 1. The molecule has 0 saturated heterocycles. The number of nitrogens with one attached hydrogen (secondary N) is 1. The van der Waals surface area contributed by atoms with Gasteiger partial charge in [-0.05, 0) is 42.5 Å². The number of hydrogen-bond donors (Lipinski definition) is 1. The molecule has 28 heavy (non-hydrogen) atoms. The first-order chi connectivity index (χ1) is 13.7. The number of carbonyl (C=O) groups excluding carboxylic acids is 2. The number of fused-ring (bicyclic) bond motifs is 1. The predicted octanol–water partition coefficient (Wildman–Crippen LogP) is 3.11. The zero-order chi connectivity index (χ0) is 19.5. The van der Waals surface area contributed by atoms with Crippen LogP contribution in [0, 0.1) is 11.8 Å². The molecule has 0 spiro atoms. The molecule has 2 aliphatic rings. The molecule has 3 atom stereocenters. The summed E-state index contributed by atoms with van der Waals surface area (Å²) in [6, 6.07) is 17.3. The number of hydrogen-bond acceptors (Lipinski definition) is 4. The third kappa shape index (κ3) is 3.86. The molecule has 1 fully saturated rings. The van der Waals surface area contributed by atoms with Crippen LogP contribution in [0.1, 0.15) is 39.6 Å². The highest BCUT2D eigenvalue weighted by Crippen LogP contribution is 2.42. The second-order valence-electron chi connectivity index (χ2n) is 7.59. The van der Waals surface area contributed by atoms with Crippen LogP contribution in [0.25, 0.3) is 0 Å². The van der Waals surface area contributed by atoms with Crippen molar-refractivity contribution in [3.05, 3.63) is 71.3 Å². The van der Waals surface area contributed by atoms with E-state index in [1.807, 2.05) is 18.2 Å². The Morgan fingerprint density at radius 1 is 1.04 bits per heavy atom. The van der Waals surface area contributed by atoms with Crippen molar-refractivity contribution in [3.63, 3.8) is 0 Å². The lowest BCUT2D eigenvalue weighted by molar-refractivity contribution is 0.0628. The minimum atomic E-state index is -0.180. The fourth-order valence-corrected chi connectivity index (χ4v) is 4.07. The number of ether oxygens (including phenoxy) is 1. The van der Waals surface area contributed by atoms with Crippen molar-refractivity contribution in [1.29, 1.82) is 0 Å². The molecule has 2 amide bonds. The van der Waals surface area contributed by atoms with Gasteiger partial charge in [-0.2, -0.15) is 0 Å². The van der Waals surface area contributed by atoms with Crippen LogP contribution in [-0.2, 0) is 11.3 Å². The van der Waals surface area contributed by atoms with Crippen LogP contribution < -0.4 is 5.32 Å². The summed E-state index contributed by atoms with van der Waals surface area (Å²) >= 11 is 0. The van der Waals surface area contributed by atoms with Crippen LogP contribution in [0.15, 0.2) is 54.6 Å². The van der Waals surface area contributed by atoms with Gasteiger partial charge in [-0.3, -0.25) is 14.5 Å². The highest BCUT2D eigenvalue weighted by Gasteiger charge is 2.45. The minimum absolute atomic E-state index is 0.109. The zero-order valence-corrected chi connectivity index (χ0v) is 16.1. The molecule has 1 heterocycles. The normalized spacial score (nSPS) is 21.7. The van der Waals surface area contributed by atoms with Gasteiger partial charge in [0.15, 0.2) is 0 Å². The number of imide groups is 1. The molecule has 2 aromatic rings. The summed E-state index contributed by atoms with van der Waals surface area (Å²) in [5, 5.41) is 3.48. The molecule has 1 N–H and O–H groups in total. The maximum atomic E-state index is 12.7. The van der Waals surface area contributed by atoms with Crippen LogP contribution in [0.3, 0.4) is 0 Å². The molecule has 0 radical (unpaired) electrons. The minimum Gasteiger partial charge on any atom is -0.376 e. The van der Waals surface area contributed by atoms with Gasteiger partial charge in [0.2, 0.25) is 0 Å². The Hall–Kier alpha value is -2.50. The molecular weight excluding hydrogens is 352 g/mol. The molecular formula is C23H26N2O3. The quantitative estimate of drug-likeness (QED) is 0.681. The van der Waals surface area contributed by atoms with Gasteiger partial charge in [-0.25, -0.2) is 0 Å². The van der Waals surface area contributed by atoms with E-state index in [9.17, 15) is 9.59 Å². The molecule has 4 rings (SSSR count). The van der Waals surface area contributed by atoms with Crippen molar-refractivity contribution < 1.29 is 14.3 Å². The predicted molar refractivity (Wildman–Crippen MR) is 107 cm³/mol. The number of amides is 2. The molecule has 5 nitrogen and oxygen atoms in total. The molecule has 0 aromatic heterocycles. The van der Waals surface area contributed by atoms with Gasteiger partial charge in [-0.15, -0.1) is 0 Å². The SMILES string of the molecule is CCNC(CN1C(=O)c2ccccc2C1=O)C1C[C@@H]1COCc1ccccc1. The Morgan fingerprint density at radius 3 is 2.32 bits per heavy atom. The summed E-state index contributed by atoms with van der Waals surface area (Å²) in [4.78, 5) is 26.7. The first-order valence-electron chi connectivity index (χ1n) is 9.99. The van der Waals surface area contributed by atoms with Gasteiger partial charge in [0, 0.05) is 12.6 Å². The number of nitrogens with zero attached hydrogens (tertiary/aromatic N) is 1. The summed E-state index contributed by atoms with van der Waals surface area (Å²) in [5.74, 6) is 0.546. The monoisotopic (exact) mass is 378 g/mol. The summed E-state index contributed by atoms with van der Waals surface area (Å²) in [5.41, 5.74) is 2.21. The Labute approximate surface area is 165 Å². The highest BCUT2D eigenvalue weighted by atomic mass is 16.5. The van der Waals surface area contributed by atoms with Crippen molar-refractivity contribution in [2.24, 2.45) is 11.8 Å². The van der Waals surface area contributed by atoms with Gasteiger partial charge >= 0.3 is 0 Å². The Morgan fingerprint density at radius 2 is 1.68 bits per heavy atom. The van der Waals surface area contributed by atoms with Crippen molar-refractivity contribution in [1.82, 2.24) is 10.2 Å². The molecule has 1 aliphatic heterocycles. The van der Waals surface area contributed by atoms with E-state index in [1.165, 1.54) is 10.5 Å². The summed E-state index contributed by atoms with van der Waals surface area (Å²) in [6.07, 6.45) is 1.07. The fourth-order valence-electron chi connectivity index (χ4n) is 4.07. The van der Waals surface area contributed by atoms with Gasteiger partial charge in [-0.1, -0.05) is 49.4 Å². The fraction of sp³-hybridized carbons (Fsp3) is 0.391. The Kier molecular flexibility index (Phi) is 5.55.